The largest absolute Gasteiger partial charge is 0.479 e. The molecule has 0 saturated heterocycles. The zero-order valence-electron chi connectivity index (χ0n) is 11.7. The number of hydrogen-bond acceptors (Lipinski definition) is 3. The fourth-order valence-corrected chi connectivity index (χ4v) is 2.72. The first-order valence-electron chi connectivity index (χ1n) is 7.16. The lowest BCUT2D eigenvalue weighted by atomic mass is 9.89. The van der Waals surface area contributed by atoms with Crippen molar-refractivity contribution in [3.8, 4) is 0 Å². The van der Waals surface area contributed by atoms with Gasteiger partial charge in [-0.05, 0) is 39.2 Å². The molecule has 0 amide bonds. The van der Waals surface area contributed by atoms with Crippen molar-refractivity contribution in [2.75, 3.05) is 26.7 Å². The number of aliphatic carboxylic acids is 1. The maximum Gasteiger partial charge on any atom is 0.332 e. The van der Waals surface area contributed by atoms with Gasteiger partial charge in [-0.15, -0.1) is 0 Å². The van der Waals surface area contributed by atoms with Crippen molar-refractivity contribution < 1.29 is 14.6 Å². The summed E-state index contributed by atoms with van der Waals surface area (Å²) in [6.45, 7) is 4.19. The summed E-state index contributed by atoms with van der Waals surface area (Å²) < 4.78 is 5.22. The fourth-order valence-electron chi connectivity index (χ4n) is 2.72. The van der Waals surface area contributed by atoms with Crippen LogP contribution in [0.1, 0.15) is 45.4 Å². The standard InChI is InChI=1S/C14H27NO3/c1-3-18-13(14(16)17)9-10-15(2)11-12-7-5-4-6-8-12/h12-13H,3-11H2,1-2H3,(H,16,17). The smallest absolute Gasteiger partial charge is 0.332 e. The van der Waals surface area contributed by atoms with Gasteiger partial charge >= 0.3 is 5.97 Å². The van der Waals surface area contributed by atoms with Crippen molar-refractivity contribution in [3.63, 3.8) is 0 Å². The van der Waals surface area contributed by atoms with Crippen LogP contribution < -0.4 is 0 Å². The molecule has 0 aromatic carbocycles. The highest BCUT2D eigenvalue weighted by atomic mass is 16.5. The van der Waals surface area contributed by atoms with Gasteiger partial charge in [-0.3, -0.25) is 0 Å². The van der Waals surface area contributed by atoms with Crippen molar-refractivity contribution in [2.24, 2.45) is 5.92 Å². The van der Waals surface area contributed by atoms with E-state index in [1.54, 1.807) is 0 Å². The topological polar surface area (TPSA) is 49.8 Å². The Morgan fingerprint density at radius 2 is 2.06 bits per heavy atom. The predicted molar refractivity (Wildman–Crippen MR) is 71.7 cm³/mol. The number of carboxylic acids is 1. The van der Waals surface area contributed by atoms with Crippen LogP contribution in [0.2, 0.25) is 0 Å². The van der Waals surface area contributed by atoms with E-state index >= 15 is 0 Å². The highest BCUT2D eigenvalue weighted by Crippen LogP contribution is 2.24. The predicted octanol–water partition coefficient (Wildman–Crippen LogP) is 2.38. The van der Waals surface area contributed by atoms with E-state index in [0.717, 1.165) is 19.0 Å². The van der Waals surface area contributed by atoms with Gasteiger partial charge in [0.2, 0.25) is 0 Å². The summed E-state index contributed by atoms with van der Waals surface area (Å²) in [6.07, 6.45) is 6.68. The van der Waals surface area contributed by atoms with Crippen LogP contribution >= 0.6 is 0 Å². The van der Waals surface area contributed by atoms with Crippen LogP contribution in [0, 0.1) is 5.92 Å². The second kappa shape index (κ2) is 8.48. The summed E-state index contributed by atoms with van der Waals surface area (Å²) in [5, 5.41) is 9.00. The van der Waals surface area contributed by atoms with E-state index in [1.807, 2.05) is 6.92 Å². The van der Waals surface area contributed by atoms with Crippen LogP contribution in [0.3, 0.4) is 0 Å². The number of hydrogen-bond donors (Lipinski definition) is 1. The van der Waals surface area contributed by atoms with Crippen molar-refractivity contribution >= 4 is 5.97 Å². The van der Waals surface area contributed by atoms with Crippen molar-refractivity contribution in [2.45, 2.75) is 51.6 Å². The van der Waals surface area contributed by atoms with Crippen molar-refractivity contribution in [3.05, 3.63) is 0 Å². The van der Waals surface area contributed by atoms with Gasteiger partial charge < -0.3 is 14.7 Å². The molecular formula is C14H27NO3. The third kappa shape index (κ3) is 5.83. The zero-order chi connectivity index (χ0) is 13.4. The molecule has 0 aromatic rings. The average molecular weight is 257 g/mol. The lowest BCUT2D eigenvalue weighted by molar-refractivity contribution is -0.150. The summed E-state index contributed by atoms with van der Waals surface area (Å²) in [5.41, 5.74) is 0. The average Bonchev–Trinajstić information content (AvgIpc) is 2.35. The summed E-state index contributed by atoms with van der Waals surface area (Å²) in [6, 6.07) is 0. The Bertz CT molecular complexity index is 239. The molecule has 1 fully saturated rings. The van der Waals surface area contributed by atoms with E-state index in [0.29, 0.717) is 13.0 Å². The summed E-state index contributed by atoms with van der Waals surface area (Å²) in [4.78, 5) is 13.2. The number of nitrogens with zero attached hydrogens (tertiary/aromatic N) is 1. The molecule has 106 valence electrons. The fraction of sp³-hybridized carbons (Fsp3) is 0.929. The first-order valence-corrected chi connectivity index (χ1v) is 7.16. The summed E-state index contributed by atoms with van der Waals surface area (Å²) in [7, 11) is 2.08. The molecular weight excluding hydrogens is 230 g/mol. The van der Waals surface area contributed by atoms with E-state index < -0.39 is 12.1 Å². The SMILES string of the molecule is CCOC(CCN(C)CC1CCCCC1)C(=O)O. The Balaban J connectivity index is 2.21. The van der Waals surface area contributed by atoms with Crippen LogP contribution in [0.5, 0.6) is 0 Å². The minimum absolute atomic E-state index is 0.462. The van der Waals surface area contributed by atoms with Crippen LogP contribution in [0.15, 0.2) is 0 Å². The Labute approximate surface area is 110 Å². The number of ether oxygens (including phenoxy) is 1. The second-order valence-electron chi connectivity index (χ2n) is 5.34. The van der Waals surface area contributed by atoms with Gasteiger partial charge in [0.15, 0.2) is 6.10 Å². The molecule has 0 heterocycles. The number of rotatable bonds is 8. The van der Waals surface area contributed by atoms with Gasteiger partial charge in [0, 0.05) is 19.7 Å². The molecule has 0 spiro atoms. The maximum atomic E-state index is 10.9. The van der Waals surface area contributed by atoms with Crippen LogP contribution in [0.4, 0.5) is 0 Å². The normalized spacial score (nSPS) is 19.1. The van der Waals surface area contributed by atoms with Crippen molar-refractivity contribution in [1.29, 1.82) is 0 Å². The van der Waals surface area contributed by atoms with E-state index in [9.17, 15) is 4.79 Å². The molecule has 4 heteroatoms. The molecule has 0 aromatic heterocycles. The Kier molecular flexibility index (Phi) is 7.28. The van der Waals surface area contributed by atoms with Gasteiger partial charge in [0.1, 0.15) is 0 Å². The molecule has 18 heavy (non-hydrogen) atoms. The summed E-state index contributed by atoms with van der Waals surface area (Å²) >= 11 is 0. The Hall–Kier alpha value is -0.610. The van der Waals surface area contributed by atoms with Crippen LogP contribution in [0.25, 0.3) is 0 Å². The molecule has 4 nitrogen and oxygen atoms in total. The number of carboxylic acid groups (broad SMARTS) is 1. The monoisotopic (exact) mass is 257 g/mol. The molecule has 1 unspecified atom stereocenters. The van der Waals surface area contributed by atoms with Crippen molar-refractivity contribution in [1.82, 2.24) is 4.90 Å². The van der Waals surface area contributed by atoms with Gasteiger partial charge in [0.05, 0.1) is 0 Å². The molecule has 1 atom stereocenters. The highest BCUT2D eigenvalue weighted by molar-refractivity contribution is 5.72. The van der Waals surface area contributed by atoms with Gasteiger partial charge in [-0.1, -0.05) is 19.3 Å². The lowest BCUT2D eigenvalue weighted by Crippen LogP contribution is -2.33. The van der Waals surface area contributed by atoms with Gasteiger partial charge in [0.25, 0.3) is 0 Å². The first-order chi connectivity index (χ1) is 8.63. The third-order valence-corrected chi connectivity index (χ3v) is 3.71. The van der Waals surface area contributed by atoms with Gasteiger partial charge in [-0.2, -0.15) is 0 Å². The van der Waals surface area contributed by atoms with E-state index in [2.05, 4.69) is 11.9 Å². The molecule has 1 saturated carbocycles. The first kappa shape index (κ1) is 15.4. The van der Waals surface area contributed by atoms with E-state index in [4.69, 9.17) is 9.84 Å². The maximum absolute atomic E-state index is 10.9. The molecule has 0 aliphatic heterocycles. The molecule has 0 radical (unpaired) electrons. The van der Waals surface area contributed by atoms with E-state index in [-0.39, 0.29) is 0 Å². The highest BCUT2D eigenvalue weighted by Gasteiger charge is 2.19. The molecule has 1 N–H and O–H groups in total. The summed E-state index contributed by atoms with van der Waals surface area (Å²) in [5.74, 6) is -0.0398. The minimum atomic E-state index is -0.845. The minimum Gasteiger partial charge on any atom is -0.479 e. The van der Waals surface area contributed by atoms with E-state index in [1.165, 1.54) is 32.1 Å². The molecule has 1 aliphatic carbocycles. The van der Waals surface area contributed by atoms with Gasteiger partial charge in [-0.25, -0.2) is 4.79 Å². The quantitative estimate of drug-likeness (QED) is 0.725. The zero-order valence-corrected chi connectivity index (χ0v) is 11.7. The molecule has 1 rings (SSSR count). The molecule has 0 bridgehead atoms. The third-order valence-electron chi connectivity index (χ3n) is 3.71. The van der Waals surface area contributed by atoms with Crippen LogP contribution in [-0.4, -0.2) is 48.8 Å². The Morgan fingerprint density at radius 1 is 1.39 bits per heavy atom. The second-order valence-corrected chi connectivity index (χ2v) is 5.34. The number of carbonyl (C=O) groups is 1. The Morgan fingerprint density at radius 3 is 2.61 bits per heavy atom. The molecule has 1 aliphatic rings. The lowest BCUT2D eigenvalue weighted by Gasteiger charge is -2.27. The van der Waals surface area contributed by atoms with Crippen LogP contribution in [-0.2, 0) is 9.53 Å².